The van der Waals surface area contributed by atoms with E-state index < -0.39 is 0 Å². The van der Waals surface area contributed by atoms with Gasteiger partial charge in [0, 0.05) is 5.38 Å². The van der Waals surface area contributed by atoms with Crippen molar-refractivity contribution in [1.29, 1.82) is 0 Å². The Kier molecular flexibility index (Phi) is 3.18. The molecular weight excluding hydrogens is 252 g/mol. The molecule has 3 nitrogen and oxygen atoms in total. The summed E-state index contributed by atoms with van der Waals surface area (Å²) in [6, 6.07) is 0. The lowest BCUT2D eigenvalue weighted by atomic mass is 10.1. The summed E-state index contributed by atoms with van der Waals surface area (Å²) in [7, 11) is 0. The van der Waals surface area contributed by atoms with Crippen LogP contribution in [0.4, 0.5) is 0 Å². The van der Waals surface area contributed by atoms with Gasteiger partial charge in [0.15, 0.2) is 0 Å². The molecule has 1 aromatic rings. The molecule has 1 N–H and O–H groups in total. The van der Waals surface area contributed by atoms with Crippen molar-refractivity contribution < 1.29 is 4.74 Å². The molecule has 1 saturated heterocycles. The third kappa shape index (κ3) is 2.65. The standard InChI is InChI=1S/C8H11BrN2OS/c9-7-5-13-8(11-7)12-6-1-3-10-4-2-6/h5-6,10H,1-4H2. The monoisotopic (exact) mass is 262 g/mol. The summed E-state index contributed by atoms with van der Waals surface area (Å²) in [6.07, 6.45) is 2.51. The van der Waals surface area contributed by atoms with Crippen LogP contribution in [0.15, 0.2) is 9.98 Å². The van der Waals surface area contributed by atoms with Gasteiger partial charge in [-0.15, -0.1) is 0 Å². The molecule has 0 bridgehead atoms. The van der Waals surface area contributed by atoms with Crippen LogP contribution < -0.4 is 10.1 Å². The van der Waals surface area contributed by atoms with E-state index in [2.05, 4.69) is 26.2 Å². The van der Waals surface area contributed by atoms with Gasteiger partial charge < -0.3 is 10.1 Å². The van der Waals surface area contributed by atoms with Gasteiger partial charge in [-0.25, -0.2) is 0 Å². The summed E-state index contributed by atoms with van der Waals surface area (Å²) < 4.78 is 6.58. The van der Waals surface area contributed by atoms with Gasteiger partial charge in [0.2, 0.25) is 0 Å². The van der Waals surface area contributed by atoms with Gasteiger partial charge in [0.1, 0.15) is 10.7 Å². The lowest BCUT2D eigenvalue weighted by Crippen LogP contribution is -2.34. The van der Waals surface area contributed by atoms with Gasteiger partial charge >= 0.3 is 0 Å². The molecule has 1 aliphatic rings. The van der Waals surface area contributed by atoms with Crippen molar-refractivity contribution in [2.75, 3.05) is 13.1 Å². The van der Waals surface area contributed by atoms with E-state index in [1.807, 2.05) is 5.38 Å². The first-order chi connectivity index (χ1) is 6.34. The molecule has 13 heavy (non-hydrogen) atoms. The highest BCUT2D eigenvalue weighted by Crippen LogP contribution is 2.24. The Balaban J connectivity index is 1.89. The van der Waals surface area contributed by atoms with Crippen LogP contribution in [0.1, 0.15) is 12.8 Å². The quantitative estimate of drug-likeness (QED) is 0.886. The van der Waals surface area contributed by atoms with Crippen LogP contribution in [-0.4, -0.2) is 24.2 Å². The minimum atomic E-state index is 0.347. The highest BCUT2D eigenvalue weighted by Gasteiger charge is 2.15. The van der Waals surface area contributed by atoms with Gasteiger partial charge in [-0.1, -0.05) is 11.3 Å². The smallest absolute Gasteiger partial charge is 0.274 e. The molecular formula is C8H11BrN2OS. The Labute approximate surface area is 89.6 Å². The molecule has 2 heterocycles. The van der Waals surface area contributed by atoms with Crippen molar-refractivity contribution in [2.24, 2.45) is 0 Å². The summed E-state index contributed by atoms with van der Waals surface area (Å²) in [6.45, 7) is 2.11. The molecule has 0 aliphatic carbocycles. The van der Waals surface area contributed by atoms with Crippen molar-refractivity contribution in [1.82, 2.24) is 10.3 Å². The predicted molar refractivity (Wildman–Crippen MR) is 56.3 cm³/mol. The third-order valence-corrected chi connectivity index (χ3v) is 3.45. The Morgan fingerprint density at radius 3 is 2.92 bits per heavy atom. The van der Waals surface area contributed by atoms with Crippen molar-refractivity contribution >= 4 is 27.3 Å². The van der Waals surface area contributed by atoms with Gasteiger partial charge in [0.25, 0.3) is 5.19 Å². The van der Waals surface area contributed by atoms with E-state index in [-0.39, 0.29) is 0 Å². The topological polar surface area (TPSA) is 34.1 Å². The fourth-order valence-corrected chi connectivity index (χ4v) is 2.50. The number of rotatable bonds is 2. The lowest BCUT2D eigenvalue weighted by molar-refractivity contribution is 0.161. The van der Waals surface area contributed by atoms with Crippen LogP contribution >= 0.6 is 27.3 Å². The SMILES string of the molecule is Brc1csc(OC2CCNCC2)n1. The second-order valence-corrected chi connectivity index (χ2v) is 4.64. The van der Waals surface area contributed by atoms with E-state index in [9.17, 15) is 0 Å². The first-order valence-corrected chi connectivity index (χ1v) is 6.00. The van der Waals surface area contributed by atoms with Crippen LogP contribution in [0.3, 0.4) is 0 Å². The van der Waals surface area contributed by atoms with E-state index in [1.54, 1.807) is 11.3 Å². The zero-order valence-corrected chi connectivity index (χ0v) is 9.53. The van der Waals surface area contributed by atoms with E-state index in [0.717, 1.165) is 35.7 Å². The largest absolute Gasteiger partial charge is 0.467 e. The molecule has 72 valence electrons. The van der Waals surface area contributed by atoms with Gasteiger partial charge in [-0.05, 0) is 41.9 Å². The summed E-state index contributed by atoms with van der Waals surface area (Å²) in [4.78, 5) is 4.20. The Bertz CT molecular complexity index is 273. The molecule has 1 fully saturated rings. The van der Waals surface area contributed by atoms with Crippen LogP contribution in [0.25, 0.3) is 0 Å². The second kappa shape index (κ2) is 4.39. The van der Waals surface area contributed by atoms with Crippen molar-refractivity contribution in [3.05, 3.63) is 9.98 Å². The first-order valence-electron chi connectivity index (χ1n) is 4.33. The maximum atomic E-state index is 5.71. The number of hydrogen-bond donors (Lipinski definition) is 1. The molecule has 0 amide bonds. The average molecular weight is 263 g/mol. The lowest BCUT2D eigenvalue weighted by Gasteiger charge is -2.22. The number of thiazole rings is 1. The van der Waals surface area contributed by atoms with Crippen LogP contribution in [-0.2, 0) is 0 Å². The maximum Gasteiger partial charge on any atom is 0.274 e. The number of hydrogen-bond acceptors (Lipinski definition) is 4. The number of aromatic nitrogens is 1. The maximum absolute atomic E-state index is 5.71. The highest BCUT2D eigenvalue weighted by atomic mass is 79.9. The third-order valence-electron chi connectivity index (χ3n) is 2.01. The average Bonchev–Trinajstić information content (AvgIpc) is 2.53. The molecule has 5 heteroatoms. The minimum absolute atomic E-state index is 0.347. The van der Waals surface area contributed by atoms with E-state index in [0.29, 0.717) is 6.10 Å². The Hall–Kier alpha value is -0.130. The van der Waals surface area contributed by atoms with E-state index in [4.69, 9.17) is 4.74 Å². The highest BCUT2D eigenvalue weighted by molar-refractivity contribution is 9.10. The molecule has 2 rings (SSSR count). The minimum Gasteiger partial charge on any atom is -0.467 e. The number of nitrogens with one attached hydrogen (secondary N) is 1. The summed E-state index contributed by atoms with van der Waals surface area (Å²) >= 11 is 4.85. The zero-order chi connectivity index (χ0) is 9.10. The zero-order valence-electron chi connectivity index (χ0n) is 7.12. The van der Waals surface area contributed by atoms with Crippen LogP contribution in [0.2, 0.25) is 0 Å². The number of piperidine rings is 1. The molecule has 0 saturated carbocycles. The van der Waals surface area contributed by atoms with Crippen molar-refractivity contribution in [3.63, 3.8) is 0 Å². The first kappa shape index (κ1) is 9.43. The molecule has 0 unspecified atom stereocenters. The fraction of sp³-hybridized carbons (Fsp3) is 0.625. The normalized spacial score (nSPS) is 18.8. The van der Waals surface area contributed by atoms with Gasteiger partial charge in [-0.3, -0.25) is 0 Å². The molecule has 0 spiro atoms. The summed E-state index contributed by atoms with van der Waals surface area (Å²) in [5, 5.41) is 6.02. The number of ether oxygens (including phenoxy) is 1. The Morgan fingerprint density at radius 2 is 2.31 bits per heavy atom. The van der Waals surface area contributed by atoms with Gasteiger partial charge in [0.05, 0.1) is 0 Å². The summed E-state index contributed by atoms with van der Waals surface area (Å²) in [5.74, 6) is 0. The molecule has 0 atom stereocenters. The Morgan fingerprint density at radius 1 is 1.54 bits per heavy atom. The predicted octanol–water partition coefficient (Wildman–Crippen LogP) is 2.04. The van der Waals surface area contributed by atoms with Crippen molar-refractivity contribution in [2.45, 2.75) is 18.9 Å². The molecule has 0 radical (unpaired) electrons. The van der Waals surface area contributed by atoms with Gasteiger partial charge in [-0.2, -0.15) is 4.98 Å². The van der Waals surface area contributed by atoms with E-state index >= 15 is 0 Å². The van der Waals surface area contributed by atoms with Crippen LogP contribution in [0.5, 0.6) is 5.19 Å². The fourth-order valence-electron chi connectivity index (χ4n) is 1.35. The molecule has 0 aromatic carbocycles. The second-order valence-electron chi connectivity index (χ2n) is 3.00. The molecule has 1 aromatic heterocycles. The van der Waals surface area contributed by atoms with Crippen LogP contribution in [0, 0.1) is 0 Å². The number of nitrogens with zero attached hydrogens (tertiary/aromatic N) is 1. The van der Waals surface area contributed by atoms with Crippen molar-refractivity contribution in [3.8, 4) is 5.19 Å². The summed E-state index contributed by atoms with van der Waals surface area (Å²) in [5.41, 5.74) is 0. The van der Waals surface area contributed by atoms with E-state index in [1.165, 1.54) is 0 Å². The molecule has 1 aliphatic heterocycles. The number of halogens is 1.